The zero-order valence-electron chi connectivity index (χ0n) is 15.2. The van der Waals surface area contributed by atoms with Crippen LogP contribution >= 0.6 is 11.6 Å². The zero-order chi connectivity index (χ0) is 21.6. The Morgan fingerprint density at radius 2 is 1.83 bits per heavy atom. The second-order valence-electron chi connectivity index (χ2n) is 6.81. The molecule has 6 nitrogen and oxygen atoms in total. The molecule has 0 bridgehead atoms. The molecule has 10 heteroatoms. The predicted octanol–water partition coefficient (Wildman–Crippen LogP) is 4.62. The van der Waals surface area contributed by atoms with Gasteiger partial charge in [0.15, 0.2) is 5.76 Å². The number of hydrogen-bond donors (Lipinski definition) is 2. The molecule has 1 aromatic heterocycles. The van der Waals surface area contributed by atoms with Gasteiger partial charge in [0.25, 0.3) is 5.91 Å². The van der Waals surface area contributed by atoms with E-state index in [9.17, 15) is 28.2 Å². The van der Waals surface area contributed by atoms with Crippen molar-refractivity contribution in [3.8, 4) is 22.8 Å². The van der Waals surface area contributed by atoms with E-state index >= 15 is 0 Å². The van der Waals surface area contributed by atoms with Crippen LogP contribution in [-0.4, -0.2) is 32.7 Å². The lowest BCUT2D eigenvalue weighted by atomic mass is 10.00. The summed E-state index contributed by atoms with van der Waals surface area (Å²) in [5, 5.41) is 23.7. The van der Waals surface area contributed by atoms with Crippen molar-refractivity contribution in [3.05, 3.63) is 63.8 Å². The van der Waals surface area contributed by atoms with Crippen LogP contribution in [0.4, 0.5) is 13.2 Å². The van der Waals surface area contributed by atoms with Crippen molar-refractivity contribution in [2.24, 2.45) is 0 Å². The summed E-state index contributed by atoms with van der Waals surface area (Å²) >= 11 is 5.92. The first-order valence-electron chi connectivity index (χ1n) is 8.81. The molecule has 0 atom stereocenters. The molecule has 0 saturated heterocycles. The molecule has 0 saturated carbocycles. The molecule has 0 radical (unpaired) electrons. The quantitative estimate of drug-likeness (QED) is 0.609. The van der Waals surface area contributed by atoms with Crippen molar-refractivity contribution >= 4 is 17.5 Å². The summed E-state index contributed by atoms with van der Waals surface area (Å²) in [6.45, 7) is 0.396. The SMILES string of the molecule is O=C(c1ccc(C(F)(F)F)cc1)N1CCc2noc(-c3cc(Cl)c(O)cc3O)c2C1. The van der Waals surface area contributed by atoms with Crippen LogP contribution in [0.5, 0.6) is 11.5 Å². The van der Waals surface area contributed by atoms with Crippen molar-refractivity contribution in [2.75, 3.05) is 6.54 Å². The number of alkyl halides is 3. The normalized spacial score (nSPS) is 13.9. The van der Waals surface area contributed by atoms with Gasteiger partial charge in [0, 0.05) is 30.2 Å². The average Bonchev–Trinajstić information content (AvgIpc) is 3.12. The van der Waals surface area contributed by atoms with Gasteiger partial charge in [-0.05, 0) is 30.3 Å². The topological polar surface area (TPSA) is 86.8 Å². The van der Waals surface area contributed by atoms with Crippen LogP contribution in [0, 0.1) is 0 Å². The van der Waals surface area contributed by atoms with Crippen LogP contribution in [0.2, 0.25) is 5.02 Å². The molecular formula is C20H14ClF3N2O4. The zero-order valence-corrected chi connectivity index (χ0v) is 16.0. The molecule has 2 aromatic carbocycles. The smallest absolute Gasteiger partial charge is 0.416 e. The van der Waals surface area contributed by atoms with Crippen LogP contribution in [0.15, 0.2) is 40.9 Å². The first-order chi connectivity index (χ1) is 14.1. The van der Waals surface area contributed by atoms with E-state index in [1.54, 1.807) is 0 Å². The van der Waals surface area contributed by atoms with Crippen LogP contribution in [0.1, 0.15) is 27.2 Å². The summed E-state index contributed by atoms with van der Waals surface area (Å²) in [5.41, 5.74) is 0.653. The average molecular weight is 439 g/mol. The van der Waals surface area contributed by atoms with Gasteiger partial charge in [0.05, 0.1) is 28.4 Å². The van der Waals surface area contributed by atoms with Gasteiger partial charge in [-0.15, -0.1) is 0 Å². The Balaban J connectivity index is 1.62. The largest absolute Gasteiger partial charge is 0.507 e. The summed E-state index contributed by atoms with van der Waals surface area (Å²) in [7, 11) is 0. The number of carbonyl (C=O) groups is 1. The molecule has 4 rings (SSSR count). The first-order valence-corrected chi connectivity index (χ1v) is 9.18. The third-order valence-corrected chi connectivity index (χ3v) is 5.20. The number of phenolic OH excluding ortho intramolecular Hbond substituents is 2. The second-order valence-corrected chi connectivity index (χ2v) is 7.22. The van der Waals surface area contributed by atoms with Gasteiger partial charge in [0.1, 0.15) is 11.5 Å². The van der Waals surface area contributed by atoms with Gasteiger partial charge in [0.2, 0.25) is 0 Å². The molecule has 3 aromatic rings. The molecule has 156 valence electrons. The molecule has 0 unspecified atom stereocenters. The fourth-order valence-electron chi connectivity index (χ4n) is 3.31. The summed E-state index contributed by atoms with van der Waals surface area (Å²) in [5.74, 6) is -0.809. The summed E-state index contributed by atoms with van der Waals surface area (Å²) in [6, 6.07) is 6.40. The number of amides is 1. The number of hydrogen-bond acceptors (Lipinski definition) is 5. The van der Waals surface area contributed by atoms with Crippen molar-refractivity contribution in [1.29, 1.82) is 0 Å². The lowest BCUT2D eigenvalue weighted by molar-refractivity contribution is -0.137. The van der Waals surface area contributed by atoms with Crippen LogP contribution in [0.3, 0.4) is 0 Å². The summed E-state index contributed by atoms with van der Waals surface area (Å²) < 4.78 is 43.6. The monoisotopic (exact) mass is 438 g/mol. The number of aromatic nitrogens is 1. The van der Waals surface area contributed by atoms with Crippen molar-refractivity contribution in [2.45, 2.75) is 19.1 Å². The third kappa shape index (κ3) is 3.56. The van der Waals surface area contributed by atoms with Crippen LogP contribution < -0.4 is 0 Å². The molecule has 1 aliphatic rings. The fourth-order valence-corrected chi connectivity index (χ4v) is 3.48. The Morgan fingerprint density at radius 1 is 1.13 bits per heavy atom. The molecule has 1 aliphatic heterocycles. The minimum absolute atomic E-state index is 0.00134. The molecular weight excluding hydrogens is 425 g/mol. The van der Waals surface area contributed by atoms with E-state index in [2.05, 4.69) is 5.16 Å². The van der Waals surface area contributed by atoms with E-state index in [-0.39, 0.29) is 40.0 Å². The number of fused-ring (bicyclic) bond motifs is 1. The Labute approximate surface area is 173 Å². The van der Waals surface area contributed by atoms with Gasteiger partial charge in [-0.1, -0.05) is 16.8 Å². The highest BCUT2D eigenvalue weighted by Gasteiger charge is 2.32. The van der Waals surface area contributed by atoms with Crippen molar-refractivity contribution in [3.63, 3.8) is 0 Å². The van der Waals surface area contributed by atoms with Gasteiger partial charge in [-0.3, -0.25) is 4.79 Å². The van der Waals surface area contributed by atoms with E-state index < -0.39 is 17.6 Å². The van der Waals surface area contributed by atoms with E-state index in [4.69, 9.17) is 16.1 Å². The van der Waals surface area contributed by atoms with E-state index in [1.165, 1.54) is 11.0 Å². The highest BCUT2D eigenvalue weighted by Crippen LogP contribution is 2.40. The van der Waals surface area contributed by atoms with Crippen molar-refractivity contribution < 1.29 is 32.7 Å². The number of rotatable bonds is 2. The fraction of sp³-hybridized carbons (Fsp3) is 0.200. The molecule has 2 N–H and O–H groups in total. The van der Waals surface area contributed by atoms with E-state index in [0.717, 1.165) is 30.3 Å². The number of halogens is 4. The van der Waals surface area contributed by atoms with Crippen molar-refractivity contribution in [1.82, 2.24) is 10.1 Å². The maximum absolute atomic E-state index is 12.8. The molecule has 0 fully saturated rings. The summed E-state index contributed by atoms with van der Waals surface area (Å²) in [4.78, 5) is 14.3. The van der Waals surface area contributed by atoms with E-state index in [1.807, 2.05) is 0 Å². The number of carbonyl (C=O) groups excluding carboxylic acids is 1. The number of nitrogens with zero attached hydrogens (tertiary/aromatic N) is 2. The maximum Gasteiger partial charge on any atom is 0.416 e. The minimum Gasteiger partial charge on any atom is -0.507 e. The second kappa shape index (κ2) is 7.24. The molecule has 30 heavy (non-hydrogen) atoms. The highest BCUT2D eigenvalue weighted by atomic mass is 35.5. The lowest BCUT2D eigenvalue weighted by Crippen LogP contribution is -2.36. The molecule has 0 spiro atoms. The minimum atomic E-state index is -4.48. The van der Waals surface area contributed by atoms with Gasteiger partial charge >= 0.3 is 6.18 Å². The Hall–Kier alpha value is -3.20. The first kappa shape index (κ1) is 20.1. The standard InChI is InChI=1S/C20H14ClF3N2O4/c21-14-7-12(16(27)8-17(14)28)18-13-9-26(6-5-15(13)25-30-18)19(29)10-1-3-11(4-2-10)20(22,23)24/h1-4,7-8,27-28H,5-6,9H2. The van der Waals surface area contributed by atoms with Crippen LogP contribution in [0.25, 0.3) is 11.3 Å². The maximum atomic E-state index is 12.8. The Kier molecular flexibility index (Phi) is 4.85. The van der Waals surface area contributed by atoms with Gasteiger partial charge in [-0.25, -0.2) is 0 Å². The Morgan fingerprint density at radius 3 is 2.50 bits per heavy atom. The van der Waals surface area contributed by atoms with Gasteiger partial charge in [-0.2, -0.15) is 13.2 Å². The highest BCUT2D eigenvalue weighted by molar-refractivity contribution is 6.32. The molecule has 2 heterocycles. The number of phenols is 2. The molecule has 0 aliphatic carbocycles. The summed E-state index contributed by atoms with van der Waals surface area (Å²) in [6.07, 6.45) is -4.11. The van der Waals surface area contributed by atoms with E-state index in [0.29, 0.717) is 24.2 Å². The third-order valence-electron chi connectivity index (χ3n) is 4.89. The number of aromatic hydroxyl groups is 2. The molecule has 1 amide bonds. The van der Waals surface area contributed by atoms with Gasteiger partial charge < -0.3 is 19.6 Å². The predicted molar refractivity (Wildman–Crippen MR) is 100 cm³/mol. The van der Waals surface area contributed by atoms with Crippen LogP contribution in [-0.2, 0) is 19.1 Å². The lowest BCUT2D eigenvalue weighted by Gasteiger charge is -2.26. The number of benzene rings is 2. The Bertz CT molecular complexity index is 1130.